The van der Waals surface area contributed by atoms with Crippen molar-refractivity contribution in [1.29, 1.82) is 0 Å². The van der Waals surface area contributed by atoms with E-state index >= 15 is 0 Å². The molecule has 0 saturated carbocycles. The first-order valence-electron chi connectivity index (χ1n) is 11.8. The molecule has 1 aliphatic heterocycles. The number of hydrogen-bond acceptors (Lipinski definition) is 7. The molecule has 1 aliphatic rings. The largest absolute Gasteiger partial charge is 0.507 e. The summed E-state index contributed by atoms with van der Waals surface area (Å²) in [4.78, 5) is 28.9. The predicted molar refractivity (Wildman–Crippen MR) is 146 cm³/mol. The molecule has 1 fully saturated rings. The molecule has 1 saturated heterocycles. The molecule has 1 unspecified atom stereocenters. The van der Waals surface area contributed by atoms with Crippen LogP contribution < -0.4 is 19.1 Å². The van der Waals surface area contributed by atoms with E-state index in [0.717, 1.165) is 10.4 Å². The number of hydrogen-bond donors (Lipinski definition) is 1. The van der Waals surface area contributed by atoms with Gasteiger partial charge in [0.25, 0.3) is 11.7 Å². The molecule has 1 atom stereocenters. The lowest BCUT2D eigenvalue weighted by atomic mass is 9.99. The van der Waals surface area contributed by atoms with E-state index in [-0.39, 0.29) is 16.9 Å². The third-order valence-corrected chi connectivity index (χ3v) is 7.18. The normalized spacial score (nSPS) is 16.5. The Morgan fingerprint density at radius 3 is 2.29 bits per heavy atom. The topological polar surface area (TPSA) is 85.3 Å². The van der Waals surface area contributed by atoms with Crippen molar-refractivity contribution >= 4 is 34.5 Å². The lowest BCUT2D eigenvalue weighted by Crippen LogP contribution is -2.29. The second-order valence-electron chi connectivity index (χ2n) is 8.66. The van der Waals surface area contributed by atoms with Gasteiger partial charge in [-0.1, -0.05) is 18.2 Å². The maximum absolute atomic E-state index is 13.4. The molecule has 1 amide bonds. The Bertz CT molecular complexity index is 1520. The van der Waals surface area contributed by atoms with E-state index in [0.29, 0.717) is 28.7 Å². The number of benzene rings is 3. The molecule has 4 aromatic rings. The average Bonchev–Trinajstić information content (AvgIpc) is 3.55. The Hall–Kier alpha value is -4.56. The molecule has 3 aromatic carbocycles. The van der Waals surface area contributed by atoms with E-state index in [2.05, 4.69) is 0 Å². The number of nitrogens with zero attached hydrogens (tertiary/aromatic N) is 1. The summed E-state index contributed by atoms with van der Waals surface area (Å²) in [6.45, 7) is 1.98. The lowest BCUT2D eigenvalue weighted by Gasteiger charge is -2.24. The maximum atomic E-state index is 13.4. The first-order chi connectivity index (χ1) is 18.4. The van der Waals surface area contributed by atoms with Crippen LogP contribution in [0.3, 0.4) is 0 Å². The number of aliphatic hydroxyl groups is 1. The van der Waals surface area contributed by atoms with Gasteiger partial charge in [-0.2, -0.15) is 0 Å². The Balaban J connectivity index is 1.58. The number of Topliss-reactive ketones (excluding diaryl/α,β-unsaturated/α-hetero) is 1. The van der Waals surface area contributed by atoms with Crippen LogP contribution in [0.2, 0.25) is 0 Å². The third kappa shape index (κ3) is 4.62. The molecule has 0 bridgehead atoms. The number of carbonyl (C=O) groups excluding carboxylic acids is 2. The number of carbonyl (C=O) groups is 2. The van der Waals surface area contributed by atoms with Crippen LogP contribution in [0, 0.1) is 6.92 Å². The highest BCUT2D eigenvalue weighted by molar-refractivity contribution is 7.10. The van der Waals surface area contributed by atoms with Gasteiger partial charge in [0.15, 0.2) is 0 Å². The van der Waals surface area contributed by atoms with Crippen molar-refractivity contribution in [3.05, 3.63) is 106 Å². The van der Waals surface area contributed by atoms with Crippen molar-refractivity contribution in [2.24, 2.45) is 0 Å². The summed E-state index contributed by atoms with van der Waals surface area (Å²) in [5.41, 5.74) is 1.81. The van der Waals surface area contributed by atoms with Crippen molar-refractivity contribution in [2.45, 2.75) is 13.0 Å². The van der Waals surface area contributed by atoms with Gasteiger partial charge in [0.2, 0.25) is 0 Å². The summed E-state index contributed by atoms with van der Waals surface area (Å²) in [7, 11) is 2.97. The maximum Gasteiger partial charge on any atom is 0.300 e. The molecule has 1 N–H and O–H groups in total. The molecule has 38 heavy (non-hydrogen) atoms. The van der Waals surface area contributed by atoms with Gasteiger partial charge < -0.3 is 19.3 Å². The Morgan fingerprint density at radius 1 is 0.868 bits per heavy atom. The SMILES string of the molecule is COc1ccc(OC)c(/C(O)=C2/C(=O)C(=O)N(c3ccc(Oc4cccc(C)c4)cc3)C2c2cccs2)c1. The number of amides is 1. The third-order valence-electron chi connectivity index (χ3n) is 6.26. The van der Waals surface area contributed by atoms with Gasteiger partial charge in [-0.15, -0.1) is 11.3 Å². The fourth-order valence-corrected chi connectivity index (χ4v) is 5.27. The number of aryl methyl sites for hydroxylation is 1. The van der Waals surface area contributed by atoms with Crippen molar-refractivity contribution in [2.75, 3.05) is 19.1 Å². The summed E-state index contributed by atoms with van der Waals surface area (Å²) in [5.74, 6) is 0.244. The Kier molecular flexibility index (Phi) is 6.89. The fraction of sp³-hybridized carbons (Fsp3) is 0.133. The zero-order valence-corrected chi connectivity index (χ0v) is 21.8. The fourth-order valence-electron chi connectivity index (χ4n) is 4.45. The van der Waals surface area contributed by atoms with Crippen LogP contribution in [0.25, 0.3) is 5.76 Å². The molecule has 5 rings (SSSR count). The molecule has 0 spiro atoms. The van der Waals surface area contributed by atoms with Crippen LogP contribution in [0.5, 0.6) is 23.0 Å². The van der Waals surface area contributed by atoms with Crippen LogP contribution in [-0.4, -0.2) is 31.0 Å². The second kappa shape index (κ2) is 10.4. The molecular formula is C30H25NO6S. The minimum Gasteiger partial charge on any atom is -0.507 e. The molecular weight excluding hydrogens is 502 g/mol. The molecule has 7 nitrogen and oxygen atoms in total. The van der Waals surface area contributed by atoms with E-state index < -0.39 is 17.7 Å². The van der Waals surface area contributed by atoms with Crippen LogP contribution in [0.4, 0.5) is 5.69 Å². The highest BCUT2D eigenvalue weighted by Crippen LogP contribution is 2.45. The highest BCUT2D eigenvalue weighted by Gasteiger charge is 2.47. The average molecular weight is 528 g/mol. The number of ketones is 1. The van der Waals surface area contributed by atoms with Gasteiger partial charge in [0.1, 0.15) is 34.8 Å². The zero-order valence-electron chi connectivity index (χ0n) is 21.0. The number of rotatable bonds is 7. The van der Waals surface area contributed by atoms with Crippen molar-refractivity contribution in [3.63, 3.8) is 0 Å². The Morgan fingerprint density at radius 2 is 1.63 bits per heavy atom. The van der Waals surface area contributed by atoms with Gasteiger partial charge >= 0.3 is 0 Å². The van der Waals surface area contributed by atoms with E-state index in [1.165, 1.54) is 30.5 Å². The summed E-state index contributed by atoms with van der Waals surface area (Å²) in [6, 6.07) is 22.4. The predicted octanol–water partition coefficient (Wildman–Crippen LogP) is 6.49. The standard InChI is InChI=1S/C30H25NO6S/c1-18-6-4-7-22(16-18)37-20-11-9-19(10-12-20)31-27(25-8-5-15-38-25)26(29(33)30(31)34)28(32)23-17-21(35-2)13-14-24(23)36-3/h4-17,27,32H,1-3H3/b28-26-. The molecule has 8 heteroatoms. The highest BCUT2D eigenvalue weighted by atomic mass is 32.1. The molecule has 0 radical (unpaired) electrons. The summed E-state index contributed by atoms with van der Waals surface area (Å²) < 4.78 is 16.7. The van der Waals surface area contributed by atoms with Gasteiger partial charge in [-0.05, 0) is 78.5 Å². The number of aliphatic hydroxyl groups excluding tert-OH is 1. The van der Waals surface area contributed by atoms with E-state index in [1.54, 1.807) is 42.5 Å². The van der Waals surface area contributed by atoms with Crippen molar-refractivity contribution in [3.8, 4) is 23.0 Å². The zero-order chi connectivity index (χ0) is 26.8. The monoisotopic (exact) mass is 527 g/mol. The van der Waals surface area contributed by atoms with Gasteiger partial charge in [0.05, 0.1) is 25.4 Å². The van der Waals surface area contributed by atoms with Gasteiger partial charge in [0, 0.05) is 10.6 Å². The molecule has 2 heterocycles. The summed E-state index contributed by atoms with van der Waals surface area (Å²) in [5, 5.41) is 13.3. The van der Waals surface area contributed by atoms with Crippen LogP contribution in [0.1, 0.15) is 22.0 Å². The van der Waals surface area contributed by atoms with Crippen LogP contribution in [0.15, 0.2) is 89.8 Å². The number of ether oxygens (including phenoxy) is 3. The first kappa shape index (κ1) is 25.1. The van der Waals surface area contributed by atoms with Gasteiger partial charge in [-0.25, -0.2) is 0 Å². The molecule has 192 valence electrons. The second-order valence-corrected chi connectivity index (χ2v) is 9.64. The quantitative estimate of drug-likeness (QED) is 0.168. The van der Waals surface area contributed by atoms with E-state index in [9.17, 15) is 14.7 Å². The van der Waals surface area contributed by atoms with Crippen molar-refractivity contribution < 1.29 is 28.9 Å². The number of anilines is 1. The number of thiophene rings is 1. The minimum atomic E-state index is -0.825. The first-order valence-corrected chi connectivity index (χ1v) is 12.7. The minimum absolute atomic E-state index is 0.0240. The van der Waals surface area contributed by atoms with Gasteiger partial charge in [-0.3, -0.25) is 14.5 Å². The van der Waals surface area contributed by atoms with E-state index in [4.69, 9.17) is 14.2 Å². The Labute approximate surface area is 224 Å². The lowest BCUT2D eigenvalue weighted by molar-refractivity contribution is -0.132. The van der Waals surface area contributed by atoms with Crippen molar-refractivity contribution in [1.82, 2.24) is 0 Å². The van der Waals surface area contributed by atoms with E-state index in [1.807, 2.05) is 48.7 Å². The molecule has 0 aliphatic carbocycles. The van der Waals surface area contributed by atoms with Crippen LogP contribution >= 0.6 is 11.3 Å². The summed E-state index contributed by atoms with van der Waals surface area (Å²) in [6.07, 6.45) is 0. The summed E-state index contributed by atoms with van der Waals surface area (Å²) >= 11 is 1.39. The molecule has 1 aromatic heterocycles. The number of methoxy groups -OCH3 is 2. The smallest absolute Gasteiger partial charge is 0.300 e. The van der Waals surface area contributed by atoms with Crippen LogP contribution in [-0.2, 0) is 9.59 Å².